The molecule has 0 amide bonds. The Labute approximate surface area is 279 Å². The first-order valence-corrected chi connectivity index (χ1v) is 15.8. The molecule has 0 aliphatic heterocycles. The maximum absolute atomic E-state index is 4.85. The lowest BCUT2D eigenvalue weighted by atomic mass is 9.94. The van der Waals surface area contributed by atoms with Crippen LogP contribution < -0.4 is 0 Å². The molecule has 0 atom stereocenters. The van der Waals surface area contributed by atoms with Crippen LogP contribution in [0.15, 0.2) is 176 Å². The van der Waals surface area contributed by atoms with Gasteiger partial charge in [-0.25, -0.2) is 15.0 Å². The summed E-state index contributed by atoms with van der Waals surface area (Å²) in [6, 6.07) is 56.4. The fraction of sp³-hybridized carbons (Fsp3) is 0. The van der Waals surface area contributed by atoms with Crippen LogP contribution in [0.4, 0.5) is 0 Å². The van der Waals surface area contributed by atoms with E-state index in [0.29, 0.717) is 28.9 Å². The minimum atomic E-state index is 0.503. The average Bonchev–Trinajstić information content (AvgIpc) is 3.19. The third-order valence-electron chi connectivity index (χ3n) is 8.24. The van der Waals surface area contributed by atoms with E-state index in [1.54, 1.807) is 12.4 Å². The molecule has 3 heterocycles. The van der Waals surface area contributed by atoms with Crippen LogP contribution in [0.25, 0.3) is 78.9 Å². The first-order valence-electron chi connectivity index (χ1n) is 15.8. The van der Waals surface area contributed by atoms with E-state index < -0.39 is 0 Å². The van der Waals surface area contributed by atoms with Gasteiger partial charge in [0, 0.05) is 18.0 Å². The zero-order valence-electron chi connectivity index (χ0n) is 26.0. The Morgan fingerprint density at radius 1 is 0.250 bits per heavy atom. The van der Waals surface area contributed by atoms with E-state index in [-0.39, 0.29) is 0 Å². The summed E-state index contributed by atoms with van der Waals surface area (Å²) in [4.78, 5) is 23.4. The highest BCUT2D eigenvalue weighted by atomic mass is 15.1. The largest absolute Gasteiger partial charge is 0.253 e. The number of benzene rings is 5. The van der Waals surface area contributed by atoms with Gasteiger partial charge in [-0.05, 0) is 93.0 Å². The Morgan fingerprint density at radius 2 is 0.583 bits per heavy atom. The van der Waals surface area contributed by atoms with Gasteiger partial charge in [-0.3, -0.25) is 9.97 Å². The first kappa shape index (κ1) is 28.9. The van der Waals surface area contributed by atoms with Gasteiger partial charge in [-0.2, -0.15) is 0 Å². The molecule has 0 unspecified atom stereocenters. The van der Waals surface area contributed by atoms with Crippen LogP contribution in [-0.2, 0) is 0 Å². The molecule has 0 radical (unpaired) electrons. The van der Waals surface area contributed by atoms with Crippen molar-refractivity contribution in [3.63, 3.8) is 0 Å². The van der Waals surface area contributed by atoms with Crippen LogP contribution >= 0.6 is 0 Å². The Hall–Kier alpha value is -6.59. The molecule has 48 heavy (non-hydrogen) atoms. The minimum Gasteiger partial charge on any atom is -0.253 e. The van der Waals surface area contributed by atoms with Crippen molar-refractivity contribution in [3.05, 3.63) is 176 Å². The number of aromatic nitrogens is 5. The van der Waals surface area contributed by atoms with Gasteiger partial charge in [0.05, 0.1) is 0 Å². The highest BCUT2D eigenvalue weighted by molar-refractivity contribution is 5.80. The SMILES string of the molecule is c1ccc(-c2cccc(-c3cccc(-c4cccc(-c5cccc(-c6nc(-c7ccccn7)nc(-c7ccccn7)n6)c5)c4)c3)c2)cc1. The molecule has 3 aromatic heterocycles. The molecule has 0 N–H and O–H groups in total. The zero-order valence-corrected chi connectivity index (χ0v) is 26.0. The van der Waals surface area contributed by atoms with Crippen LogP contribution in [0.2, 0.25) is 0 Å². The van der Waals surface area contributed by atoms with Gasteiger partial charge in [-0.1, -0.05) is 115 Å². The second kappa shape index (κ2) is 13.0. The number of rotatable bonds is 7. The lowest BCUT2D eigenvalue weighted by molar-refractivity contribution is 1.05. The van der Waals surface area contributed by atoms with Gasteiger partial charge < -0.3 is 0 Å². The zero-order chi connectivity index (χ0) is 32.1. The fourth-order valence-electron chi connectivity index (χ4n) is 5.83. The summed E-state index contributed by atoms with van der Waals surface area (Å²) in [6.45, 7) is 0. The van der Waals surface area contributed by atoms with Crippen molar-refractivity contribution < 1.29 is 0 Å². The van der Waals surface area contributed by atoms with Crippen LogP contribution in [-0.4, -0.2) is 24.9 Å². The van der Waals surface area contributed by atoms with E-state index in [9.17, 15) is 0 Å². The maximum atomic E-state index is 4.85. The fourth-order valence-corrected chi connectivity index (χ4v) is 5.83. The molecule has 0 aliphatic carbocycles. The van der Waals surface area contributed by atoms with E-state index in [0.717, 1.165) is 27.8 Å². The molecule has 0 aliphatic rings. The van der Waals surface area contributed by atoms with Crippen molar-refractivity contribution >= 4 is 0 Å². The highest BCUT2D eigenvalue weighted by Crippen LogP contribution is 2.33. The van der Waals surface area contributed by atoms with Crippen molar-refractivity contribution in [2.75, 3.05) is 0 Å². The van der Waals surface area contributed by atoms with E-state index in [2.05, 4.69) is 119 Å². The lowest BCUT2D eigenvalue weighted by Gasteiger charge is -2.11. The first-order chi connectivity index (χ1) is 23.8. The summed E-state index contributed by atoms with van der Waals surface area (Å²) in [5.74, 6) is 1.57. The molecule has 8 rings (SSSR count). The molecule has 0 saturated carbocycles. The van der Waals surface area contributed by atoms with Crippen molar-refractivity contribution in [1.29, 1.82) is 0 Å². The van der Waals surface area contributed by atoms with Gasteiger partial charge in [-0.15, -0.1) is 0 Å². The molecule has 5 aromatic carbocycles. The van der Waals surface area contributed by atoms with Gasteiger partial charge in [0.25, 0.3) is 0 Å². The molecule has 5 nitrogen and oxygen atoms in total. The topological polar surface area (TPSA) is 64.5 Å². The van der Waals surface area contributed by atoms with Crippen molar-refractivity contribution in [3.8, 4) is 78.9 Å². The molecule has 8 aromatic rings. The quantitative estimate of drug-likeness (QED) is 0.178. The monoisotopic (exact) mass is 615 g/mol. The van der Waals surface area contributed by atoms with E-state index in [1.165, 1.54) is 22.3 Å². The molecule has 5 heteroatoms. The molecule has 226 valence electrons. The summed E-state index contributed by atoms with van der Waals surface area (Å²) in [6.07, 6.45) is 3.48. The number of nitrogens with zero attached hydrogens (tertiary/aromatic N) is 5. The molecular formula is C43H29N5. The standard InChI is InChI=1S/C43H29N5/c1-2-12-30(13-3-1)31-14-8-15-32(26-31)33-16-9-17-34(27-33)35-18-10-19-36(28-35)37-20-11-21-38(29-37)41-46-42(39-22-4-6-24-44-39)48-43(47-41)40-23-5-7-25-45-40/h1-29H. The number of hydrogen-bond acceptors (Lipinski definition) is 5. The third-order valence-corrected chi connectivity index (χ3v) is 8.24. The van der Waals surface area contributed by atoms with Crippen molar-refractivity contribution in [2.45, 2.75) is 0 Å². The van der Waals surface area contributed by atoms with Crippen LogP contribution in [0.3, 0.4) is 0 Å². The predicted octanol–water partition coefficient (Wildman–Crippen LogP) is 10.3. The summed E-state index contributed by atoms with van der Waals surface area (Å²) >= 11 is 0. The van der Waals surface area contributed by atoms with E-state index in [1.807, 2.05) is 54.6 Å². The van der Waals surface area contributed by atoms with Gasteiger partial charge >= 0.3 is 0 Å². The highest BCUT2D eigenvalue weighted by Gasteiger charge is 2.14. The maximum Gasteiger partial charge on any atom is 0.182 e. The van der Waals surface area contributed by atoms with Crippen molar-refractivity contribution in [1.82, 2.24) is 24.9 Å². The van der Waals surface area contributed by atoms with Crippen LogP contribution in [0.5, 0.6) is 0 Å². The Morgan fingerprint density at radius 3 is 1.00 bits per heavy atom. The van der Waals surface area contributed by atoms with Crippen molar-refractivity contribution in [2.24, 2.45) is 0 Å². The third kappa shape index (κ3) is 6.13. The molecule has 0 spiro atoms. The average molecular weight is 616 g/mol. The molecule has 0 saturated heterocycles. The number of hydrogen-bond donors (Lipinski definition) is 0. The predicted molar refractivity (Wildman–Crippen MR) is 193 cm³/mol. The lowest BCUT2D eigenvalue weighted by Crippen LogP contribution is -2.01. The minimum absolute atomic E-state index is 0.503. The second-order valence-electron chi connectivity index (χ2n) is 11.4. The Kier molecular flexibility index (Phi) is 7.83. The van der Waals surface area contributed by atoms with Gasteiger partial charge in [0.2, 0.25) is 0 Å². The van der Waals surface area contributed by atoms with Gasteiger partial charge in [0.1, 0.15) is 11.4 Å². The summed E-state index contributed by atoms with van der Waals surface area (Å²) in [7, 11) is 0. The summed E-state index contributed by atoms with van der Waals surface area (Å²) < 4.78 is 0. The molecule has 0 bridgehead atoms. The number of pyridine rings is 2. The molecule has 0 fully saturated rings. The van der Waals surface area contributed by atoms with Gasteiger partial charge in [0.15, 0.2) is 17.5 Å². The summed E-state index contributed by atoms with van der Waals surface area (Å²) in [5, 5.41) is 0. The summed E-state index contributed by atoms with van der Waals surface area (Å²) in [5.41, 5.74) is 11.5. The second-order valence-corrected chi connectivity index (χ2v) is 11.4. The van der Waals surface area contributed by atoms with E-state index >= 15 is 0 Å². The van der Waals surface area contributed by atoms with E-state index in [4.69, 9.17) is 15.0 Å². The molecular weight excluding hydrogens is 587 g/mol. The smallest absolute Gasteiger partial charge is 0.182 e. The Balaban J connectivity index is 1.14. The van der Waals surface area contributed by atoms with Crippen LogP contribution in [0, 0.1) is 0 Å². The van der Waals surface area contributed by atoms with Crippen LogP contribution in [0.1, 0.15) is 0 Å². The normalized spacial score (nSPS) is 10.9. The Bertz CT molecular complexity index is 2280.